The number of halogens is 1. The van der Waals surface area contributed by atoms with Crippen LogP contribution in [0.2, 0.25) is 5.02 Å². The van der Waals surface area contributed by atoms with Crippen LogP contribution >= 0.6 is 11.6 Å². The van der Waals surface area contributed by atoms with Crippen molar-refractivity contribution in [3.05, 3.63) is 70.5 Å². The van der Waals surface area contributed by atoms with Gasteiger partial charge in [-0.1, -0.05) is 36.7 Å². The highest BCUT2D eigenvalue weighted by Crippen LogP contribution is 2.30. The average molecular weight is 490 g/mol. The summed E-state index contributed by atoms with van der Waals surface area (Å²) in [4.78, 5) is 16.9. The first-order valence-electron chi connectivity index (χ1n) is 11.8. The molecule has 1 saturated heterocycles. The molecule has 3 heterocycles. The van der Waals surface area contributed by atoms with Crippen LogP contribution in [0.5, 0.6) is 0 Å². The third-order valence-corrected chi connectivity index (χ3v) is 6.81. The van der Waals surface area contributed by atoms with Gasteiger partial charge in [0.1, 0.15) is 5.52 Å². The molecule has 35 heavy (non-hydrogen) atoms. The second kappa shape index (κ2) is 9.54. The maximum absolute atomic E-state index is 12.9. The number of urea groups is 1. The molecule has 1 fully saturated rings. The summed E-state index contributed by atoms with van der Waals surface area (Å²) in [7, 11) is 0. The second-order valence-electron chi connectivity index (χ2n) is 8.72. The highest BCUT2D eigenvalue weighted by Gasteiger charge is 2.26. The van der Waals surface area contributed by atoms with Crippen LogP contribution in [0.3, 0.4) is 0 Å². The van der Waals surface area contributed by atoms with E-state index in [1.807, 2.05) is 72.0 Å². The van der Waals surface area contributed by atoms with Crippen molar-refractivity contribution in [3.8, 4) is 5.69 Å². The summed E-state index contributed by atoms with van der Waals surface area (Å²) in [5.74, 6) is 0.748. The van der Waals surface area contributed by atoms with Crippen LogP contribution in [0.1, 0.15) is 23.9 Å². The van der Waals surface area contributed by atoms with E-state index >= 15 is 0 Å². The Morgan fingerprint density at radius 3 is 2.43 bits per heavy atom. The Hall–Kier alpha value is -3.65. The number of hydrogen-bond donors (Lipinski definition) is 1. The molecule has 0 unspecified atom stereocenters. The zero-order valence-electron chi connectivity index (χ0n) is 20.1. The van der Waals surface area contributed by atoms with Gasteiger partial charge in [0.2, 0.25) is 0 Å². The van der Waals surface area contributed by atoms with Crippen molar-refractivity contribution in [2.24, 2.45) is 0 Å². The van der Waals surface area contributed by atoms with E-state index in [0.29, 0.717) is 31.2 Å². The van der Waals surface area contributed by atoms with Gasteiger partial charge >= 0.3 is 6.03 Å². The van der Waals surface area contributed by atoms with Crippen LogP contribution in [0.25, 0.3) is 16.6 Å². The molecule has 2 aromatic carbocycles. The van der Waals surface area contributed by atoms with Crippen LogP contribution in [0, 0.1) is 13.8 Å². The van der Waals surface area contributed by atoms with E-state index in [1.165, 1.54) is 0 Å². The standard InChI is InChI=1S/C26H28ClN7O/c1-4-19-7-5-6-8-22(19)28-26(35)33-15-13-32(14-16-33)25-24-23(17(2)29-30-25)18(3)34(31-24)21-11-9-20(27)10-12-21/h5-12H,4,13-16H2,1-3H3,(H,28,35). The van der Waals surface area contributed by atoms with Gasteiger partial charge in [0.25, 0.3) is 0 Å². The number of aryl methyl sites for hydroxylation is 3. The first kappa shape index (κ1) is 23.1. The maximum Gasteiger partial charge on any atom is 0.321 e. The number of aromatic nitrogens is 4. The smallest absolute Gasteiger partial charge is 0.321 e. The van der Waals surface area contributed by atoms with Gasteiger partial charge in [-0.15, -0.1) is 5.10 Å². The Kier molecular flexibility index (Phi) is 6.30. The summed E-state index contributed by atoms with van der Waals surface area (Å²) < 4.78 is 1.91. The van der Waals surface area contributed by atoms with Crippen molar-refractivity contribution in [2.75, 3.05) is 36.4 Å². The Morgan fingerprint density at radius 2 is 1.71 bits per heavy atom. The number of para-hydroxylation sites is 1. The normalized spacial score (nSPS) is 13.9. The molecule has 1 aliphatic heterocycles. The van der Waals surface area contributed by atoms with Gasteiger partial charge in [-0.3, -0.25) is 0 Å². The van der Waals surface area contributed by atoms with Crippen molar-refractivity contribution in [1.29, 1.82) is 0 Å². The van der Waals surface area contributed by atoms with Crippen LogP contribution in [0.4, 0.5) is 16.3 Å². The predicted molar refractivity (Wildman–Crippen MR) is 140 cm³/mol. The number of fused-ring (bicyclic) bond motifs is 1. The van der Waals surface area contributed by atoms with E-state index in [1.54, 1.807) is 0 Å². The van der Waals surface area contributed by atoms with E-state index in [0.717, 1.165) is 51.5 Å². The molecule has 180 valence electrons. The molecule has 2 aromatic heterocycles. The molecule has 4 aromatic rings. The predicted octanol–water partition coefficient (Wildman–Crippen LogP) is 5.00. The van der Waals surface area contributed by atoms with Crippen molar-refractivity contribution < 1.29 is 4.79 Å². The number of amides is 2. The minimum Gasteiger partial charge on any atom is -0.350 e. The Morgan fingerprint density at radius 1 is 1.00 bits per heavy atom. The SMILES string of the molecule is CCc1ccccc1NC(=O)N1CCN(c2nnc(C)c3c(C)n(-c4ccc(Cl)cc4)nc23)CC1. The van der Waals surface area contributed by atoms with E-state index < -0.39 is 0 Å². The zero-order valence-corrected chi connectivity index (χ0v) is 20.9. The molecule has 1 N–H and O–H groups in total. The number of benzene rings is 2. The molecule has 0 spiro atoms. The van der Waals surface area contributed by atoms with Crippen molar-refractivity contribution in [1.82, 2.24) is 24.9 Å². The van der Waals surface area contributed by atoms with Crippen molar-refractivity contribution >= 4 is 40.0 Å². The lowest BCUT2D eigenvalue weighted by Gasteiger charge is -2.35. The van der Waals surface area contributed by atoms with E-state index in [9.17, 15) is 4.79 Å². The van der Waals surface area contributed by atoms with Gasteiger partial charge in [0, 0.05) is 36.9 Å². The summed E-state index contributed by atoms with van der Waals surface area (Å²) >= 11 is 6.08. The minimum atomic E-state index is -0.0754. The molecular formula is C26H28ClN7O. The van der Waals surface area contributed by atoms with Gasteiger partial charge in [0.15, 0.2) is 5.82 Å². The number of rotatable bonds is 4. The Bertz CT molecular complexity index is 1370. The fourth-order valence-electron chi connectivity index (χ4n) is 4.62. The number of nitrogens with zero attached hydrogens (tertiary/aromatic N) is 6. The molecule has 0 bridgehead atoms. The van der Waals surface area contributed by atoms with E-state index in [4.69, 9.17) is 16.7 Å². The number of carbonyl (C=O) groups is 1. The fraction of sp³-hybridized carbons (Fsp3) is 0.308. The molecule has 0 aliphatic carbocycles. The first-order valence-corrected chi connectivity index (χ1v) is 12.2. The minimum absolute atomic E-state index is 0.0754. The van der Waals surface area contributed by atoms with Crippen LogP contribution < -0.4 is 10.2 Å². The van der Waals surface area contributed by atoms with Gasteiger partial charge in [0.05, 0.1) is 22.5 Å². The molecule has 0 atom stereocenters. The van der Waals surface area contributed by atoms with Gasteiger partial charge in [-0.2, -0.15) is 10.2 Å². The largest absolute Gasteiger partial charge is 0.350 e. The second-order valence-corrected chi connectivity index (χ2v) is 9.16. The molecule has 5 rings (SSSR count). The van der Waals surface area contributed by atoms with Gasteiger partial charge in [-0.25, -0.2) is 9.48 Å². The quantitative estimate of drug-likeness (QED) is 0.436. The topological polar surface area (TPSA) is 79.2 Å². The lowest BCUT2D eigenvalue weighted by atomic mass is 10.1. The lowest BCUT2D eigenvalue weighted by molar-refractivity contribution is 0.208. The Labute approximate surface area is 209 Å². The van der Waals surface area contributed by atoms with E-state index in [-0.39, 0.29) is 6.03 Å². The van der Waals surface area contributed by atoms with Crippen LogP contribution in [0.15, 0.2) is 48.5 Å². The molecule has 2 amide bonds. The third-order valence-electron chi connectivity index (χ3n) is 6.56. The fourth-order valence-corrected chi connectivity index (χ4v) is 4.75. The van der Waals surface area contributed by atoms with Gasteiger partial charge in [-0.05, 0) is 56.2 Å². The first-order chi connectivity index (χ1) is 17.0. The zero-order chi connectivity index (χ0) is 24.5. The number of anilines is 2. The molecule has 0 radical (unpaired) electrons. The molecule has 1 aliphatic rings. The van der Waals surface area contributed by atoms with Crippen LogP contribution in [-0.4, -0.2) is 57.1 Å². The number of hydrogen-bond acceptors (Lipinski definition) is 5. The molecule has 9 heteroatoms. The molecule has 8 nitrogen and oxygen atoms in total. The third kappa shape index (κ3) is 4.41. The van der Waals surface area contributed by atoms with Crippen molar-refractivity contribution in [3.63, 3.8) is 0 Å². The number of carbonyl (C=O) groups excluding carboxylic acids is 1. The molecular weight excluding hydrogens is 462 g/mol. The van der Waals surface area contributed by atoms with E-state index in [2.05, 4.69) is 27.3 Å². The summed E-state index contributed by atoms with van der Waals surface area (Å²) in [5, 5.41) is 18.6. The Balaban J connectivity index is 1.36. The lowest BCUT2D eigenvalue weighted by Crippen LogP contribution is -2.50. The molecule has 0 saturated carbocycles. The van der Waals surface area contributed by atoms with Crippen molar-refractivity contribution in [2.45, 2.75) is 27.2 Å². The number of nitrogens with one attached hydrogen (secondary N) is 1. The van der Waals surface area contributed by atoms with Gasteiger partial charge < -0.3 is 15.1 Å². The highest BCUT2D eigenvalue weighted by molar-refractivity contribution is 6.30. The maximum atomic E-state index is 12.9. The summed E-state index contributed by atoms with van der Waals surface area (Å²) in [6.45, 7) is 8.57. The monoisotopic (exact) mass is 489 g/mol. The number of piperazine rings is 1. The summed E-state index contributed by atoms with van der Waals surface area (Å²) in [6.07, 6.45) is 0.869. The van der Waals surface area contributed by atoms with Crippen LogP contribution in [-0.2, 0) is 6.42 Å². The summed E-state index contributed by atoms with van der Waals surface area (Å²) in [5.41, 5.74) is 5.60. The highest BCUT2D eigenvalue weighted by atomic mass is 35.5. The summed E-state index contributed by atoms with van der Waals surface area (Å²) in [6, 6.07) is 15.5. The average Bonchev–Trinajstić information content (AvgIpc) is 3.23.